The van der Waals surface area contributed by atoms with Crippen LogP contribution < -0.4 is 10.5 Å². The number of hydrogen-bond acceptors (Lipinski definition) is 3. The van der Waals surface area contributed by atoms with Crippen LogP contribution >= 0.6 is 15.9 Å². The van der Waals surface area contributed by atoms with Crippen LogP contribution in [-0.2, 0) is 0 Å². The number of fused-ring (bicyclic) bond motifs is 1. The quantitative estimate of drug-likeness (QED) is 0.557. The number of hydrogen-bond donors (Lipinski definition) is 2. The lowest BCUT2D eigenvalue weighted by Crippen LogP contribution is -2.13. The SMILES string of the molecule is N=C(N)c1cc2ccccc2nc1Oc1cccc(Br)c1. The van der Waals surface area contributed by atoms with Gasteiger partial charge in [-0.05, 0) is 30.3 Å². The summed E-state index contributed by atoms with van der Waals surface area (Å²) in [4.78, 5) is 4.46. The van der Waals surface area contributed by atoms with Crippen molar-refractivity contribution in [3.8, 4) is 11.6 Å². The van der Waals surface area contributed by atoms with Crippen molar-refractivity contribution in [2.75, 3.05) is 0 Å². The highest BCUT2D eigenvalue weighted by molar-refractivity contribution is 9.10. The Bertz CT molecular complexity index is 833. The first kappa shape index (κ1) is 13.6. The average Bonchev–Trinajstić information content (AvgIpc) is 2.46. The fraction of sp³-hybridized carbons (Fsp3) is 0. The van der Waals surface area contributed by atoms with Crippen molar-refractivity contribution in [2.24, 2.45) is 5.73 Å². The predicted molar refractivity (Wildman–Crippen MR) is 87.0 cm³/mol. The third kappa shape index (κ3) is 2.87. The third-order valence-electron chi connectivity index (χ3n) is 2.99. The number of benzene rings is 2. The minimum Gasteiger partial charge on any atom is -0.438 e. The second-order valence-corrected chi connectivity index (χ2v) is 5.42. The maximum absolute atomic E-state index is 7.71. The van der Waals surface area contributed by atoms with Crippen molar-refractivity contribution in [3.05, 3.63) is 64.6 Å². The van der Waals surface area contributed by atoms with E-state index in [4.69, 9.17) is 15.9 Å². The van der Waals surface area contributed by atoms with Gasteiger partial charge in [0.05, 0.1) is 11.1 Å². The van der Waals surface area contributed by atoms with Gasteiger partial charge in [-0.3, -0.25) is 5.41 Å². The summed E-state index contributed by atoms with van der Waals surface area (Å²) in [6.07, 6.45) is 0. The third-order valence-corrected chi connectivity index (χ3v) is 3.48. The number of nitrogen functional groups attached to an aromatic ring is 1. The molecule has 0 bridgehead atoms. The van der Waals surface area contributed by atoms with E-state index in [0.29, 0.717) is 17.2 Å². The van der Waals surface area contributed by atoms with E-state index in [9.17, 15) is 0 Å². The zero-order valence-electron chi connectivity index (χ0n) is 11.0. The average molecular weight is 342 g/mol. The van der Waals surface area contributed by atoms with Crippen LogP contribution in [0.25, 0.3) is 10.9 Å². The standard InChI is InChI=1S/C16H12BrN3O/c17-11-5-3-6-12(9-11)21-16-13(15(18)19)8-10-4-1-2-7-14(10)20-16/h1-9H,(H3,18,19). The molecule has 0 atom stereocenters. The molecular weight excluding hydrogens is 330 g/mol. The van der Waals surface area contributed by atoms with Gasteiger partial charge in [-0.15, -0.1) is 0 Å². The van der Waals surface area contributed by atoms with E-state index in [2.05, 4.69) is 20.9 Å². The van der Waals surface area contributed by atoms with Gasteiger partial charge in [-0.25, -0.2) is 4.98 Å². The van der Waals surface area contributed by atoms with Crippen molar-refractivity contribution >= 4 is 32.7 Å². The molecule has 104 valence electrons. The molecule has 0 radical (unpaired) electrons. The Morgan fingerprint density at radius 3 is 2.67 bits per heavy atom. The van der Waals surface area contributed by atoms with Crippen LogP contribution in [0.3, 0.4) is 0 Å². The van der Waals surface area contributed by atoms with Crippen LogP contribution in [0.1, 0.15) is 5.56 Å². The number of nitrogens with zero attached hydrogens (tertiary/aromatic N) is 1. The lowest BCUT2D eigenvalue weighted by atomic mass is 10.1. The fourth-order valence-electron chi connectivity index (χ4n) is 2.01. The van der Waals surface area contributed by atoms with E-state index >= 15 is 0 Å². The van der Waals surface area contributed by atoms with Crippen LogP contribution in [0.15, 0.2) is 59.1 Å². The van der Waals surface area contributed by atoms with Crippen LogP contribution in [0.2, 0.25) is 0 Å². The Hall–Kier alpha value is -2.40. The second-order valence-electron chi connectivity index (χ2n) is 4.51. The smallest absolute Gasteiger partial charge is 0.230 e. The normalized spacial score (nSPS) is 10.5. The molecule has 0 saturated heterocycles. The highest BCUT2D eigenvalue weighted by Crippen LogP contribution is 2.28. The summed E-state index contributed by atoms with van der Waals surface area (Å²) >= 11 is 3.40. The van der Waals surface area contributed by atoms with E-state index in [0.717, 1.165) is 15.4 Å². The van der Waals surface area contributed by atoms with Crippen molar-refractivity contribution in [2.45, 2.75) is 0 Å². The molecule has 2 aromatic carbocycles. The maximum Gasteiger partial charge on any atom is 0.230 e. The first-order valence-corrected chi connectivity index (χ1v) is 7.10. The van der Waals surface area contributed by atoms with Gasteiger partial charge in [0, 0.05) is 9.86 Å². The van der Waals surface area contributed by atoms with Crippen molar-refractivity contribution in [3.63, 3.8) is 0 Å². The monoisotopic (exact) mass is 341 g/mol. The number of nitrogens with one attached hydrogen (secondary N) is 1. The van der Waals surface area contributed by atoms with Gasteiger partial charge in [-0.2, -0.15) is 0 Å². The number of para-hydroxylation sites is 1. The lowest BCUT2D eigenvalue weighted by molar-refractivity contribution is 0.463. The molecule has 1 heterocycles. The van der Waals surface area contributed by atoms with Crippen LogP contribution in [-0.4, -0.2) is 10.8 Å². The molecule has 0 fully saturated rings. The Morgan fingerprint density at radius 2 is 1.90 bits per heavy atom. The number of nitrogens with two attached hydrogens (primary N) is 1. The molecule has 0 aliphatic rings. The first-order valence-electron chi connectivity index (χ1n) is 6.31. The fourth-order valence-corrected chi connectivity index (χ4v) is 2.39. The van der Waals surface area contributed by atoms with Gasteiger partial charge in [0.15, 0.2) is 0 Å². The summed E-state index contributed by atoms with van der Waals surface area (Å²) in [5, 5.41) is 8.63. The van der Waals surface area contributed by atoms with Crippen LogP contribution in [0, 0.1) is 5.41 Å². The Kier molecular flexibility index (Phi) is 3.58. The molecule has 5 heteroatoms. The Balaban J connectivity index is 2.11. The molecule has 0 unspecified atom stereocenters. The van der Waals surface area contributed by atoms with Gasteiger partial charge in [0.25, 0.3) is 0 Å². The maximum atomic E-state index is 7.71. The number of aromatic nitrogens is 1. The molecule has 3 N–H and O–H groups in total. The highest BCUT2D eigenvalue weighted by Gasteiger charge is 2.12. The van der Waals surface area contributed by atoms with Crippen molar-refractivity contribution < 1.29 is 4.74 Å². The van der Waals surface area contributed by atoms with E-state index in [1.807, 2.05) is 54.6 Å². The van der Waals surface area contributed by atoms with Gasteiger partial charge in [0.1, 0.15) is 11.6 Å². The number of rotatable bonds is 3. The highest BCUT2D eigenvalue weighted by atomic mass is 79.9. The summed E-state index contributed by atoms with van der Waals surface area (Å²) in [5.74, 6) is 0.896. The number of halogens is 1. The predicted octanol–water partition coefficient (Wildman–Crippen LogP) is 4.07. The lowest BCUT2D eigenvalue weighted by Gasteiger charge is -2.11. The molecule has 4 nitrogen and oxygen atoms in total. The molecule has 0 spiro atoms. The van der Waals surface area contributed by atoms with Crippen LogP contribution in [0.4, 0.5) is 0 Å². The molecule has 3 aromatic rings. The molecule has 0 amide bonds. The van der Waals surface area contributed by atoms with E-state index < -0.39 is 0 Å². The van der Waals surface area contributed by atoms with Gasteiger partial charge < -0.3 is 10.5 Å². The Labute approximate surface area is 130 Å². The van der Waals surface area contributed by atoms with Gasteiger partial charge in [0.2, 0.25) is 5.88 Å². The van der Waals surface area contributed by atoms with Gasteiger partial charge in [-0.1, -0.05) is 40.2 Å². The van der Waals surface area contributed by atoms with E-state index in [1.165, 1.54) is 0 Å². The minimum atomic E-state index is -0.0711. The number of ether oxygens (including phenoxy) is 1. The summed E-state index contributed by atoms with van der Waals surface area (Å²) in [7, 11) is 0. The molecular formula is C16H12BrN3O. The molecule has 0 aliphatic heterocycles. The zero-order chi connectivity index (χ0) is 14.8. The molecule has 0 aliphatic carbocycles. The second kappa shape index (κ2) is 5.54. The van der Waals surface area contributed by atoms with Crippen LogP contribution in [0.5, 0.6) is 11.6 Å². The molecule has 1 aromatic heterocycles. The summed E-state index contributed by atoms with van der Waals surface area (Å²) in [5.41, 5.74) is 6.92. The molecule has 21 heavy (non-hydrogen) atoms. The molecule has 3 rings (SSSR count). The van der Waals surface area contributed by atoms with E-state index in [-0.39, 0.29) is 5.84 Å². The number of pyridine rings is 1. The van der Waals surface area contributed by atoms with Crippen molar-refractivity contribution in [1.82, 2.24) is 4.98 Å². The van der Waals surface area contributed by atoms with E-state index in [1.54, 1.807) is 0 Å². The first-order chi connectivity index (χ1) is 10.1. The van der Waals surface area contributed by atoms with Gasteiger partial charge >= 0.3 is 0 Å². The number of amidine groups is 1. The summed E-state index contributed by atoms with van der Waals surface area (Å²) in [6.45, 7) is 0. The van der Waals surface area contributed by atoms with Crippen molar-refractivity contribution in [1.29, 1.82) is 5.41 Å². The Morgan fingerprint density at radius 1 is 1.10 bits per heavy atom. The summed E-state index contributed by atoms with van der Waals surface area (Å²) in [6, 6.07) is 16.9. The molecule has 0 saturated carbocycles. The summed E-state index contributed by atoms with van der Waals surface area (Å²) < 4.78 is 6.71. The minimum absolute atomic E-state index is 0.0711. The zero-order valence-corrected chi connectivity index (χ0v) is 12.6. The topological polar surface area (TPSA) is 72.0 Å². The largest absolute Gasteiger partial charge is 0.438 e.